The summed E-state index contributed by atoms with van der Waals surface area (Å²) in [6.45, 7) is 0.161. The largest absolute Gasteiger partial charge is 0.454 e. The van der Waals surface area contributed by atoms with E-state index in [1.807, 2.05) is 0 Å². The zero-order valence-electron chi connectivity index (χ0n) is 12.5. The molecule has 0 saturated carbocycles. The topological polar surface area (TPSA) is 103 Å². The lowest BCUT2D eigenvalue weighted by Crippen LogP contribution is -2.10. The maximum absolute atomic E-state index is 12.2. The van der Waals surface area contributed by atoms with Crippen LogP contribution in [0, 0.1) is 10.1 Å². The zero-order chi connectivity index (χ0) is 18.0. The molecule has 0 fully saturated rings. The summed E-state index contributed by atoms with van der Waals surface area (Å²) in [5, 5.41) is 17.8. The van der Waals surface area contributed by atoms with Gasteiger partial charge in [-0.05, 0) is 30.3 Å². The minimum absolute atomic E-state index is 0.0859. The monoisotopic (exact) mass is 380 g/mol. The molecule has 0 bridgehead atoms. The highest BCUT2D eigenvalue weighted by Gasteiger charge is 2.14. The van der Waals surface area contributed by atoms with Gasteiger partial charge < -0.3 is 9.73 Å². The lowest BCUT2D eigenvalue weighted by molar-refractivity contribution is -0.385. The minimum atomic E-state index is -0.540. The van der Waals surface area contributed by atoms with Crippen LogP contribution in [0.4, 0.5) is 11.4 Å². The van der Waals surface area contributed by atoms with Crippen LogP contribution < -0.4 is 5.32 Å². The Morgan fingerprint density at radius 1 is 1.28 bits per heavy atom. The number of benzene rings is 1. The third-order valence-corrected chi connectivity index (χ3v) is 3.95. The number of furan rings is 1. The van der Waals surface area contributed by atoms with Crippen molar-refractivity contribution in [3.63, 3.8) is 0 Å². The molecule has 0 saturated heterocycles. The molecule has 0 radical (unpaired) electrons. The van der Waals surface area contributed by atoms with Crippen LogP contribution in [-0.4, -0.2) is 20.6 Å². The van der Waals surface area contributed by atoms with Crippen molar-refractivity contribution in [3.8, 4) is 0 Å². The predicted molar refractivity (Wildman–Crippen MR) is 91.1 cm³/mol. The maximum Gasteiger partial charge on any atom is 0.307 e. The number of hydrogen-bond donors (Lipinski definition) is 1. The molecule has 1 N–H and O–H groups in total. The van der Waals surface area contributed by atoms with E-state index in [0.717, 1.165) is 6.20 Å². The summed E-state index contributed by atoms with van der Waals surface area (Å²) in [5.41, 5.74) is 0.351. The second kappa shape index (κ2) is 6.96. The Bertz CT molecular complexity index is 951. The number of nitrogens with one attached hydrogen (secondary N) is 1. The summed E-state index contributed by atoms with van der Waals surface area (Å²) < 4.78 is 6.79. The van der Waals surface area contributed by atoms with E-state index in [-0.39, 0.29) is 18.0 Å². The third-order valence-electron chi connectivity index (χ3n) is 3.21. The molecule has 25 heavy (non-hydrogen) atoms. The SMILES string of the molecule is O=C(Nc1ccc(Cl)c(Cl)c1)c1ccc(Cn2cc([N+](=O)[O-])cn2)o1. The van der Waals surface area contributed by atoms with Gasteiger partial charge in [0.25, 0.3) is 5.91 Å². The van der Waals surface area contributed by atoms with Crippen LogP contribution in [0.3, 0.4) is 0 Å². The first-order valence-electron chi connectivity index (χ1n) is 6.94. The highest BCUT2D eigenvalue weighted by atomic mass is 35.5. The molecule has 2 heterocycles. The third kappa shape index (κ3) is 3.98. The van der Waals surface area contributed by atoms with Crippen LogP contribution in [-0.2, 0) is 6.54 Å². The first kappa shape index (κ1) is 17.0. The molecule has 1 amide bonds. The molecule has 2 aromatic heterocycles. The Morgan fingerprint density at radius 3 is 2.76 bits per heavy atom. The highest BCUT2D eigenvalue weighted by Crippen LogP contribution is 2.25. The van der Waals surface area contributed by atoms with Crippen molar-refractivity contribution >= 4 is 40.5 Å². The summed E-state index contributed by atoms with van der Waals surface area (Å²) >= 11 is 11.7. The van der Waals surface area contributed by atoms with Crippen molar-refractivity contribution in [2.45, 2.75) is 6.54 Å². The molecule has 3 aromatic rings. The normalized spacial score (nSPS) is 10.6. The average Bonchev–Trinajstić information content (AvgIpc) is 3.21. The highest BCUT2D eigenvalue weighted by molar-refractivity contribution is 6.42. The molecule has 10 heteroatoms. The van der Waals surface area contributed by atoms with E-state index in [0.29, 0.717) is 21.5 Å². The second-order valence-electron chi connectivity index (χ2n) is 5.00. The van der Waals surface area contributed by atoms with Gasteiger partial charge in [0.15, 0.2) is 5.76 Å². The molecule has 8 nitrogen and oxygen atoms in total. The van der Waals surface area contributed by atoms with Crippen molar-refractivity contribution in [2.24, 2.45) is 0 Å². The van der Waals surface area contributed by atoms with Gasteiger partial charge in [-0.25, -0.2) is 0 Å². The van der Waals surface area contributed by atoms with Crippen molar-refractivity contribution in [1.29, 1.82) is 0 Å². The predicted octanol–water partition coefficient (Wildman–Crippen LogP) is 3.99. The number of hydrogen-bond acceptors (Lipinski definition) is 5. The Balaban J connectivity index is 1.68. The van der Waals surface area contributed by atoms with Crippen LogP contribution in [0.25, 0.3) is 0 Å². The van der Waals surface area contributed by atoms with Gasteiger partial charge in [-0.3, -0.25) is 19.6 Å². The molecule has 3 rings (SSSR count). The van der Waals surface area contributed by atoms with E-state index in [1.165, 1.54) is 23.0 Å². The molecule has 0 atom stereocenters. The van der Waals surface area contributed by atoms with Gasteiger partial charge in [-0.2, -0.15) is 5.10 Å². The quantitative estimate of drug-likeness (QED) is 0.532. The number of carbonyl (C=O) groups excluding carboxylic acids is 1. The number of anilines is 1. The van der Waals surface area contributed by atoms with E-state index >= 15 is 0 Å². The Morgan fingerprint density at radius 2 is 2.08 bits per heavy atom. The van der Waals surface area contributed by atoms with E-state index in [1.54, 1.807) is 18.2 Å². The number of nitro groups is 1. The number of halogens is 2. The molecular weight excluding hydrogens is 371 g/mol. The van der Waals surface area contributed by atoms with Crippen LogP contribution in [0.1, 0.15) is 16.3 Å². The Hall–Kier alpha value is -2.84. The van der Waals surface area contributed by atoms with E-state index in [2.05, 4.69) is 10.4 Å². The molecular formula is C15H10Cl2N4O4. The van der Waals surface area contributed by atoms with Crippen molar-refractivity contribution < 1.29 is 14.1 Å². The lowest BCUT2D eigenvalue weighted by Gasteiger charge is -2.04. The maximum atomic E-state index is 12.2. The Labute approximate surface area is 151 Å². The number of aromatic nitrogens is 2. The summed E-state index contributed by atoms with van der Waals surface area (Å²) in [6, 6.07) is 7.79. The summed E-state index contributed by atoms with van der Waals surface area (Å²) in [7, 11) is 0. The number of nitrogens with zero attached hydrogens (tertiary/aromatic N) is 3. The van der Waals surface area contributed by atoms with Gasteiger partial charge >= 0.3 is 5.69 Å². The molecule has 128 valence electrons. The molecule has 0 spiro atoms. The molecule has 1 aromatic carbocycles. The fraction of sp³-hybridized carbons (Fsp3) is 0.0667. The van der Waals surface area contributed by atoms with Crippen molar-refractivity contribution in [3.05, 3.63) is 74.4 Å². The first-order chi connectivity index (χ1) is 11.9. The Kier molecular flexibility index (Phi) is 4.73. The van der Waals surface area contributed by atoms with Crippen molar-refractivity contribution in [2.75, 3.05) is 5.32 Å². The van der Waals surface area contributed by atoms with E-state index in [4.69, 9.17) is 27.6 Å². The minimum Gasteiger partial charge on any atom is -0.454 e. The fourth-order valence-electron chi connectivity index (χ4n) is 2.04. The first-order valence-corrected chi connectivity index (χ1v) is 7.70. The number of rotatable bonds is 5. The summed E-state index contributed by atoms with van der Waals surface area (Å²) in [6.07, 6.45) is 2.42. The van der Waals surface area contributed by atoms with Crippen molar-refractivity contribution in [1.82, 2.24) is 9.78 Å². The summed E-state index contributed by atoms with van der Waals surface area (Å²) in [4.78, 5) is 22.3. The average molecular weight is 381 g/mol. The molecule has 0 aliphatic rings. The molecule has 0 aliphatic heterocycles. The van der Waals surface area contributed by atoms with Gasteiger partial charge in [0.2, 0.25) is 0 Å². The van der Waals surface area contributed by atoms with Gasteiger partial charge in [-0.1, -0.05) is 23.2 Å². The number of amides is 1. The lowest BCUT2D eigenvalue weighted by atomic mass is 10.3. The van der Waals surface area contributed by atoms with Gasteiger partial charge in [0.05, 0.1) is 21.5 Å². The fourth-order valence-corrected chi connectivity index (χ4v) is 2.34. The standard InChI is InChI=1S/C15H10Cl2N4O4/c16-12-3-1-9(5-13(12)17)19-15(22)14-4-2-11(25-14)8-20-7-10(6-18-20)21(23)24/h1-7H,8H2,(H,19,22). The van der Waals surface area contributed by atoms with Crippen LogP contribution in [0.2, 0.25) is 10.0 Å². The van der Waals surface area contributed by atoms with Gasteiger partial charge in [0.1, 0.15) is 18.2 Å². The van der Waals surface area contributed by atoms with Gasteiger partial charge in [-0.15, -0.1) is 0 Å². The molecule has 0 aliphatic carbocycles. The molecule has 0 unspecified atom stereocenters. The van der Waals surface area contributed by atoms with Crippen LogP contribution >= 0.6 is 23.2 Å². The number of carbonyl (C=O) groups is 1. The zero-order valence-corrected chi connectivity index (χ0v) is 14.0. The summed E-state index contributed by atoms with van der Waals surface area (Å²) in [5.74, 6) is 0.0519. The van der Waals surface area contributed by atoms with E-state index < -0.39 is 10.8 Å². The van der Waals surface area contributed by atoms with Gasteiger partial charge in [0, 0.05) is 5.69 Å². The van der Waals surface area contributed by atoms with Crippen LogP contribution in [0.5, 0.6) is 0 Å². The van der Waals surface area contributed by atoms with E-state index in [9.17, 15) is 14.9 Å². The second-order valence-corrected chi connectivity index (χ2v) is 5.82. The smallest absolute Gasteiger partial charge is 0.307 e. The van der Waals surface area contributed by atoms with Crippen LogP contribution in [0.15, 0.2) is 47.1 Å².